The predicted octanol–water partition coefficient (Wildman–Crippen LogP) is -0.582. The third kappa shape index (κ3) is 3.22. The molecule has 19 heavy (non-hydrogen) atoms. The molecule has 1 aliphatic carbocycles. The smallest absolute Gasteiger partial charge is 0.233 e. The summed E-state index contributed by atoms with van der Waals surface area (Å²) in [6.45, 7) is 2.76. The molecule has 0 bridgehead atoms. The van der Waals surface area contributed by atoms with Crippen molar-refractivity contribution in [1.82, 2.24) is 10.2 Å². The summed E-state index contributed by atoms with van der Waals surface area (Å²) < 4.78 is 5.18. The molecule has 1 saturated heterocycles. The molecular weight excluding hydrogens is 266 g/mol. The number of carbonyl (C=O) groups excluding carboxylic acids is 2. The molecule has 1 heterocycles. The van der Waals surface area contributed by atoms with E-state index in [-0.39, 0.29) is 16.8 Å². The normalized spacial score (nSPS) is 20.7. The Labute approximate surface area is 117 Å². The molecule has 0 aromatic carbocycles. The number of hydrogen-bond acceptors (Lipinski definition) is 4. The number of amides is 2. The summed E-state index contributed by atoms with van der Waals surface area (Å²) in [6.07, 6.45) is 1.73. The van der Waals surface area contributed by atoms with E-state index in [0.29, 0.717) is 52.1 Å². The van der Waals surface area contributed by atoms with Gasteiger partial charge in [0.2, 0.25) is 11.8 Å². The SMILES string of the molecule is NC(=S)C1(C(=O)NCCC(=O)N2CCOCC2)CC1. The van der Waals surface area contributed by atoms with Crippen molar-refractivity contribution >= 4 is 29.0 Å². The van der Waals surface area contributed by atoms with Gasteiger partial charge in [-0.25, -0.2) is 0 Å². The minimum atomic E-state index is -0.642. The van der Waals surface area contributed by atoms with Gasteiger partial charge >= 0.3 is 0 Å². The highest BCUT2D eigenvalue weighted by molar-refractivity contribution is 7.80. The first-order chi connectivity index (χ1) is 9.06. The van der Waals surface area contributed by atoms with Crippen LogP contribution in [0.1, 0.15) is 19.3 Å². The predicted molar refractivity (Wildman–Crippen MR) is 73.5 cm³/mol. The van der Waals surface area contributed by atoms with E-state index in [1.54, 1.807) is 4.90 Å². The lowest BCUT2D eigenvalue weighted by molar-refractivity contribution is -0.135. The topological polar surface area (TPSA) is 84.7 Å². The average Bonchev–Trinajstić information content (AvgIpc) is 3.21. The maximum absolute atomic E-state index is 11.9. The van der Waals surface area contributed by atoms with Crippen LogP contribution in [0.4, 0.5) is 0 Å². The van der Waals surface area contributed by atoms with Crippen molar-refractivity contribution < 1.29 is 14.3 Å². The maximum atomic E-state index is 11.9. The number of nitrogens with two attached hydrogens (primary N) is 1. The molecule has 2 aliphatic rings. The highest BCUT2D eigenvalue weighted by Crippen LogP contribution is 2.46. The van der Waals surface area contributed by atoms with Crippen molar-refractivity contribution in [3.63, 3.8) is 0 Å². The van der Waals surface area contributed by atoms with Gasteiger partial charge in [-0.15, -0.1) is 0 Å². The van der Waals surface area contributed by atoms with Crippen LogP contribution in [0, 0.1) is 5.41 Å². The fourth-order valence-electron chi connectivity index (χ4n) is 2.13. The summed E-state index contributed by atoms with van der Waals surface area (Å²) in [6, 6.07) is 0. The second-order valence-corrected chi connectivity index (χ2v) is 5.39. The Morgan fingerprint density at radius 2 is 1.95 bits per heavy atom. The van der Waals surface area contributed by atoms with E-state index >= 15 is 0 Å². The van der Waals surface area contributed by atoms with E-state index in [4.69, 9.17) is 22.7 Å². The number of hydrogen-bond donors (Lipinski definition) is 2. The van der Waals surface area contributed by atoms with Gasteiger partial charge in [-0.05, 0) is 12.8 Å². The van der Waals surface area contributed by atoms with Crippen molar-refractivity contribution in [3.8, 4) is 0 Å². The monoisotopic (exact) mass is 285 g/mol. The minimum absolute atomic E-state index is 0.0452. The molecule has 2 fully saturated rings. The van der Waals surface area contributed by atoms with Crippen LogP contribution in [0.15, 0.2) is 0 Å². The van der Waals surface area contributed by atoms with Crippen molar-refractivity contribution in [2.24, 2.45) is 11.1 Å². The fraction of sp³-hybridized carbons (Fsp3) is 0.750. The van der Waals surface area contributed by atoms with Crippen molar-refractivity contribution in [3.05, 3.63) is 0 Å². The van der Waals surface area contributed by atoms with Crippen molar-refractivity contribution in [1.29, 1.82) is 0 Å². The lowest BCUT2D eigenvalue weighted by Crippen LogP contribution is -2.43. The standard InChI is InChI=1S/C12H19N3O3S/c13-10(19)12(2-3-12)11(17)14-4-1-9(16)15-5-7-18-8-6-15/h1-8H2,(H2,13,19)(H,14,17). The molecule has 106 valence electrons. The lowest BCUT2D eigenvalue weighted by Gasteiger charge is -2.27. The first-order valence-electron chi connectivity index (χ1n) is 6.50. The highest BCUT2D eigenvalue weighted by atomic mass is 32.1. The van der Waals surface area contributed by atoms with E-state index in [1.807, 2.05) is 0 Å². The van der Waals surface area contributed by atoms with E-state index in [0.717, 1.165) is 0 Å². The van der Waals surface area contributed by atoms with Crippen LogP contribution in [0.25, 0.3) is 0 Å². The molecule has 0 atom stereocenters. The summed E-state index contributed by atoms with van der Waals surface area (Å²) in [7, 11) is 0. The van der Waals surface area contributed by atoms with Gasteiger partial charge < -0.3 is 20.7 Å². The summed E-state index contributed by atoms with van der Waals surface area (Å²) >= 11 is 4.90. The molecule has 2 amide bonds. The van der Waals surface area contributed by atoms with Gasteiger partial charge in [0, 0.05) is 26.1 Å². The van der Waals surface area contributed by atoms with Gasteiger partial charge in [0.1, 0.15) is 0 Å². The van der Waals surface area contributed by atoms with Gasteiger partial charge in [-0.3, -0.25) is 9.59 Å². The molecule has 0 aromatic rings. The van der Waals surface area contributed by atoms with Crippen LogP contribution in [0.2, 0.25) is 0 Å². The van der Waals surface area contributed by atoms with E-state index in [1.165, 1.54) is 0 Å². The van der Waals surface area contributed by atoms with Crippen LogP contribution in [0.3, 0.4) is 0 Å². The number of ether oxygens (including phenoxy) is 1. The number of carbonyl (C=O) groups is 2. The molecule has 2 rings (SSSR count). The number of nitrogens with zero attached hydrogens (tertiary/aromatic N) is 1. The molecule has 1 aliphatic heterocycles. The number of rotatable bonds is 5. The van der Waals surface area contributed by atoms with E-state index in [9.17, 15) is 9.59 Å². The summed E-state index contributed by atoms with van der Waals surface area (Å²) in [5.41, 5.74) is 4.92. The lowest BCUT2D eigenvalue weighted by atomic mass is 10.1. The van der Waals surface area contributed by atoms with Gasteiger partial charge in [-0.2, -0.15) is 0 Å². The van der Waals surface area contributed by atoms with Crippen LogP contribution in [0.5, 0.6) is 0 Å². The molecule has 0 aromatic heterocycles. The Bertz CT molecular complexity index is 390. The van der Waals surface area contributed by atoms with Crippen LogP contribution < -0.4 is 11.1 Å². The molecule has 0 spiro atoms. The zero-order valence-corrected chi connectivity index (χ0v) is 11.6. The number of morpholine rings is 1. The van der Waals surface area contributed by atoms with Crippen LogP contribution >= 0.6 is 12.2 Å². The Morgan fingerprint density at radius 1 is 1.32 bits per heavy atom. The zero-order chi connectivity index (χ0) is 13.9. The van der Waals surface area contributed by atoms with Gasteiger partial charge in [0.15, 0.2) is 0 Å². The Balaban J connectivity index is 1.70. The zero-order valence-electron chi connectivity index (χ0n) is 10.8. The summed E-state index contributed by atoms with van der Waals surface area (Å²) in [5, 5.41) is 2.75. The first-order valence-corrected chi connectivity index (χ1v) is 6.91. The molecule has 0 unspecified atom stereocenters. The molecule has 0 radical (unpaired) electrons. The maximum Gasteiger partial charge on any atom is 0.233 e. The van der Waals surface area contributed by atoms with Crippen molar-refractivity contribution in [2.45, 2.75) is 19.3 Å². The van der Waals surface area contributed by atoms with Gasteiger partial charge in [-0.1, -0.05) is 12.2 Å². The van der Waals surface area contributed by atoms with E-state index in [2.05, 4.69) is 5.32 Å². The molecular formula is C12H19N3O3S. The van der Waals surface area contributed by atoms with Crippen molar-refractivity contribution in [2.75, 3.05) is 32.8 Å². The minimum Gasteiger partial charge on any atom is -0.392 e. The Hall–Kier alpha value is -1.21. The fourth-order valence-corrected chi connectivity index (χ4v) is 2.43. The van der Waals surface area contributed by atoms with E-state index < -0.39 is 5.41 Å². The van der Waals surface area contributed by atoms with Gasteiger partial charge in [0.05, 0.1) is 23.6 Å². The van der Waals surface area contributed by atoms with Gasteiger partial charge in [0.25, 0.3) is 0 Å². The second kappa shape index (κ2) is 5.83. The third-order valence-electron chi connectivity index (χ3n) is 3.64. The van der Waals surface area contributed by atoms with Crippen LogP contribution in [-0.2, 0) is 14.3 Å². The third-order valence-corrected chi connectivity index (χ3v) is 4.04. The molecule has 3 N–H and O–H groups in total. The molecule has 7 heteroatoms. The summed E-state index contributed by atoms with van der Waals surface area (Å²) in [5.74, 6) is -0.0986. The highest BCUT2D eigenvalue weighted by Gasteiger charge is 2.52. The Morgan fingerprint density at radius 3 is 2.47 bits per heavy atom. The summed E-state index contributed by atoms with van der Waals surface area (Å²) in [4.78, 5) is 25.8. The quantitative estimate of drug-likeness (QED) is 0.660. The number of thiocarbonyl (C=S) groups is 1. The largest absolute Gasteiger partial charge is 0.392 e. The average molecular weight is 285 g/mol. The molecule has 1 saturated carbocycles. The molecule has 6 nitrogen and oxygen atoms in total. The Kier molecular flexibility index (Phi) is 4.36. The van der Waals surface area contributed by atoms with Crippen LogP contribution in [-0.4, -0.2) is 54.6 Å². The number of nitrogens with one attached hydrogen (secondary N) is 1. The second-order valence-electron chi connectivity index (χ2n) is 4.95. The first kappa shape index (κ1) is 14.2.